The molecule has 1 aromatic heterocycles. The van der Waals surface area contributed by atoms with Crippen molar-refractivity contribution >= 4 is 27.0 Å². The molecule has 1 fully saturated rings. The quantitative estimate of drug-likeness (QED) is 0.845. The molecule has 0 aliphatic carbocycles. The number of hydrogen-bond acceptors (Lipinski definition) is 5. The molecule has 0 amide bonds. The molecule has 1 aliphatic heterocycles. The summed E-state index contributed by atoms with van der Waals surface area (Å²) in [6.45, 7) is 1.55. The first-order valence-corrected chi connectivity index (χ1v) is 8.98. The van der Waals surface area contributed by atoms with Crippen molar-refractivity contribution in [2.75, 3.05) is 13.1 Å². The maximum absolute atomic E-state index is 12.5. The molecule has 8 nitrogen and oxygen atoms in total. The number of sulfonamides is 1. The van der Waals surface area contributed by atoms with Gasteiger partial charge in [-0.15, -0.1) is 5.10 Å². The molecule has 0 radical (unpaired) electrons. The first-order chi connectivity index (χ1) is 11.0. The van der Waals surface area contributed by atoms with E-state index in [0.29, 0.717) is 37.1 Å². The van der Waals surface area contributed by atoms with E-state index in [4.69, 9.17) is 5.11 Å². The van der Waals surface area contributed by atoms with Crippen molar-refractivity contribution in [3.63, 3.8) is 0 Å². The van der Waals surface area contributed by atoms with Crippen molar-refractivity contribution in [3.05, 3.63) is 18.2 Å². The van der Waals surface area contributed by atoms with E-state index in [1.165, 1.54) is 10.4 Å². The number of aryl methyl sites for hydroxylation is 1. The number of carboxylic acids is 1. The standard InChI is InChI=1S/C14H18N4O4S/c19-14(20)4-3-9-18-13-6-5-11(10-12(13)15-16-18)23(21,22)17-7-1-2-8-17/h5-6,10H,1-4,7-9H2,(H,19,20). The van der Waals surface area contributed by atoms with E-state index in [1.54, 1.807) is 16.8 Å². The van der Waals surface area contributed by atoms with Gasteiger partial charge in [0.1, 0.15) is 5.52 Å². The number of aliphatic carboxylic acids is 1. The van der Waals surface area contributed by atoms with E-state index in [9.17, 15) is 13.2 Å². The lowest BCUT2D eigenvalue weighted by Gasteiger charge is -2.15. The Morgan fingerprint density at radius 3 is 2.70 bits per heavy atom. The molecule has 0 unspecified atom stereocenters. The molecule has 2 heterocycles. The largest absolute Gasteiger partial charge is 0.481 e. The Morgan fingerprint density at radius 2 is 2.00 bits per heavy atom. The molecule has 23 heavy (non-hydrogen) atoms. The first-order valence-electron chi connectivity index (χ1n) is 7.54. The first kappa shape index (κ1) is 15.9. The Hall–Kier alpha value is -2.00. The van der Waals surface area contributed by atoms with Crippen LogP contribution in [-0.2, 0) is 21.4 Å². The zero-order chi connectivity index (χ0) is 16.4. The lowest BCUT2D eigenvalue weighted by atomic mass is 10.3. The third-order valence-electron chi connectivity index (χ3n) is 3.95. The number of hydrogen-bond donors (Lipinski definition) is 1. The number of benzene rings is 1. The second-order valence-electron chi connectivity index (χ2n) is 5.57. The molecule has 1 aromatic carbocycles. The highest BCUT2D eigenvalue weighted by molar-refractivity contribution is 7.89. The second kappa shape index (κ2) is 6.25. The highest BCUT2D eigenvalue weighted by Gasteiger charge is 2.27. The summed E-state index contributed by atoms with van der Waals surface area (Å²) in [5.74, 6) is -0.853. The van der Waals surface area contributed by atoms with Crippen LogP contribution in [0.3, 0.4) is 0 Å². The average Bonchev–Trinajstić information content (AvgIpc) is 3.16. The summed E-state index contributed by atoms with van der Waals surface area (Å²) in [6.07, 6.45) is 2.28. The van der Waals surface area contributed by atoms with E-state index < -0.39 is 16.0 Å². The number of aromatic nitrogens is 3. The predicted molar refractivity (Wildman–Crippen MR) is 82.4 cm³/mol. The van der Waals surface area contributed by atoms with Gasteiger partial charge in [0.2, 0.25) is 10.0 Å². The van der Waals surface area contributed by atoms with E-state index in [2.05, 4.69) is 10.3 Å². The summed E-state index contributed by atoms with van der Waals surface area (Å²) in [4.78, 5) is 10.8. The molecule has 9 heteroatoms. The van der Waals surface area contributed by atoms with Crippen molar-refractivity contribution in [3.8, 4) is 0 Å². The Labute approximate surface area is 133 Å². The second-order valence-corrected chi connectivity index (χ2v) is 7.51. The van der Waals surface area contributed by atoms with E-state index >= 15 is 0 Å². The van der Waals surface area contributed by atoms with Crippen LogP contribution in [-0.4, -0.2) is 51.9 Å². The van der Waals surface area contributed by atoms with Gasteiger partial charge in [-0.25, -0.2) is 13.1 Å². The smallest absolute Gasteiger partial charge is 0.303 e. The minimum absolute atomic E-state index is 0.0583. The van der Waals surface area contributed by atoms with Crippen LogP contribution in [0.2, 0.25) is 0 Å². The molecular weight excluding hydrogens is 320 g/mol. The van der Waals surface area contributed by atoms with Crippen molar-refractivity contribution in [1.29, 1.82) is 0 Å². The number of rotatable bonds is 6. The van der Waals surface area contributed by atoms with Gasteiger partial charge in [-0.3, -0.25) is 4.79 Å². The monoisotopic (exact) mass is 338 g/mol. The maximum atomic E-state index is 12.5. The Kier molecular flexibility index (Phi) is 4.31. The predicted octanol–water partition coefficient (Wildman–Crippen LogP) is 1.08. The van der Waals surface area contributed by atoms with Gasteiger partial charge in [0.25, 0.3) is 0 Å². The molecule has 124 valence electrons. The van der Waals surface area contributed by atoms with E-state index in [0.717, 1.165) is 12.8 Å². The van der Waals surface area contributed by atoms with Crippen LogP contribution in [0.4, 0.5) is 0 Å². The molecule has 1 aliphatic rings. The topological polar surface area (TPSA) is 105 Å². The number of fused-ring (bicyclic) bond motifs is 1. The van der Waals surface area contributed by atoms with Gasteiger partial charge in [0.05, 0.1) is 10.4 Å². The fourth-order valence-electron chi connectivity index (χ4n) is 2.74. The zero-order valence-corrected chi connectivity index (χ0v) is 13.4. The molecular formula is C14H18N4O4S. The Morgan fingerprint density at radius 1 is 1.26 bits per heavy atom. The Balaban J connectivity index is 1.84. The van der Waals surface area contributed by atoms with Gasteiger partial charge in [0.15, 0.2) is 0 Å². The molecule has 1 saturated heterocycles. The van der Waals surface area contributed by atoms with Gasteiger partial charge in [0, 0.05) is 26.1 Å². The number of carboxylic acid groups (broad SMARTS) is 1. The van der Waals surface area contributed by atoms with Crippen LogP contribution in [0.15, 0.2) is 23.1 Å². The average molecular weight is 338 g/mol. The Bertz CT molecular complexity index is 824. The third kappa shape index (κ3) is 3.20. The molecule has 2 aromatic rings. The van der Waals surface area contributed by atoms with Crippen molar-refractivity contribution < 1.29 is 18.3 Å². The molecule has 1 N–H and O–H groups in total. The van der Waals surface area contributed by atoms with Gasteiger partial charge >= 0.3 is 5.97 Å². The summed E-state index contributed by atoms with van der Waals surface area (Å²) in [7, 11) is -3.47. The molecule has 3 rings (SSSR count). The summed E-state index contributed by atoms with van der Waals surface area (Å²) in [6, 6.07) is 4.77. The van der Waals surface area contributed by atoms with E-state index in [-0.39, 0.29) is 11.3 Å². The minimum atomic E-state index is -3.47. The van der Waals surface area contributed by atoms with Crippen LogP contribution in [0.5, 0.6) is 0 Å². The van der Waals surface area contributed by atoms with Gasteiger partial charge in [-0.05, 0) is 37.5 Å². The van der Waals surface area contributed by atoms with Crippen LogP contribution >= 0.6 is 0 Å². The van der Waals surface area contributed by atoms with Crippen LogP contribution in [0, 0.1) is 0 Å². The van der Waals surface area contributed by atoms with Gasteiger partial charge < -0.3 is 5.11 Å². The third-order valence-corrected chi connectivity index (χ3v) is 5.84. The van der Waals surface area contributed by atoms with Crippen LogP contribution < -0.4 is 0 Å². The maximum Gasteiger partial charge on any atom is 0.303 e. The SMILES string of the molecule is O=C(O)CCCn1nnc2cc(S(=O)(=O)N3CCCC3)ccc21. The fourth-order valence-corrected chi connectivity index (χ4v) is 4.27. The van der Waals surface area contributed by atoms with Crippen molar-refractivity contribution in [2.45, 2.75) is 37.1 Å². The van der Waals surface area contributed by atoms with E-state index in [1.807, 2.05) is 0 Å². The molecule has 0 saturated carbocycles. The summed E-state index contributed by atoms with van der Waals surface area (Å²) >= 11 is 0. The highest BCUT2D eigenvalue weighted by Crippen LogP contribution is 2.23. The molecule has 0 bridgehead atoms. The fraction of sp³-hybridized carbons (Fsp3) is 0.500. The van der Waals surface area contributed by atoms with Crippen molar-refractivity contribution in [2.24, 2.45) is 0 Å². The zero-order valence-electron chi connectivity index (χ0n) is 12.6. The highest BCUT2D eigenvalue weighted by atomic mass is 32.2. The lowest BCUT2D eigenvalue weighted by molar-refractivity contribution is -0.137. The summed E-state index contributed by atoms with van der Waals surface area (Å²) in [5.41, 5.74) is 1.20. The number of carbonyl (C=O) groups is 1. The lowest BCUT2D eigenvalue weighted by Crippen LogP contribution is -2.27. The normalized spacial score (nSPS) is 16.2. The number of nitrogens with zero attached hydrogens (tertiary/aromatic N) is 4. The van der Waals surface area contributed by atoms with Crippen molar-refractivity contribution in [1.82, 2.24) is 19.3 Å². The molecule has 0 spiro atoms. The summed E-state index contributed by atoms with van der Waals surface area (Å²) < 4.78 is 28.2. The van der Waals surface area contributed by atoms with Crippen LogP contribution in [0.1, 0.15) is 25.7 Å². The minimum Gasteiger partial charge on any atom is -0.481 e. The van der Waals surface area contributed by atoms with Gasteiger partial charge in [-0.1, -0.05) is 5.21 Å². The van der Waals surface area contributed by atoms with Gasteiger partial charge in [-0.2, -0.15) is 4.31 Å². The molecule has 0 atom stereocenters. The summed E-state index contributed by atoms with van der Waals surface area (Å²) in [5, 5.41) is 16.6. The van der Waals surface area contributed by atoms with Crippen LogP contribution in [0.25, 0.3) is 11.0 Å².